The van der Waals surface area contributed by atoms with Crippen LogP contribution in [0, 0.1) is 5.82 Å². The number of fused-ring (bicyclic) bond motifs is 1. The summed E-state index contributed by atoms with van der Waals surface area (Å²) in [6.07, 6.45) is 3.41. The van der Waals surface area contributed by atoms with E-state index in [1.807, 2.05) is 18.2 Å². The summed E-state index contributed by atoms with van der Waals surface area (Å²) in [5, 5.41) is 13.3. The summed E-state index contributed by atoms with van der Waals surface area (Å²) in [7, 11) is 1.63. The molecule has 0 spiro atoms. The average molecular weight is 466 g/mol. The first-order valence-corrected chi connectivity index (χ1v) is 10.9. The number of aromatic amines is 1. The highest BCUT2D eigenvalue weighted by atomic mass is 35.5. The molecule has 8 nitrogen and oxygen atoms in total. The maximum absolute atomic E-state index is 14.5. The van der Waals surface area contributed by atoms with Crippen LogP contribution >= 0.6 is 11.6 Å². The molecule has 3 aromatic heterocycles. The highest BCUT2D eigenvalue weighted by Crippen LogP contribution is 2.33. The van der Waals surface area contributed by atoms with Crippen LogP contribution in [-0.2, 0) is 4.79 Å². The fourth-order valence-electron chi connectivity index (χ4n) is 4.03. The lowest BCUT2D eigenvalue weighted by Gasteiger charge is -2.34. The van der Waals surface area contributed by atoms with Crippen LogP contribution in [0.25, 0.3) is 33.5 Å². The van der Waals surface area contributed by atoms with E-state index in [9.17, 15) is 9.18 Å². The van der Waals surface area contributed by atoms with Gasteiger partial charge >= 0.3 is 0 Å². The second-order valence-electron chi connectivity index (χ2n) is 7.78. The fraction of sp³-hybridized carbons (Fsp3) is 0.217. The quantitative estimate of drug-likeness (QED) is 0.428. The number of rotatable bonds is 4. The molecule has 0 radical (unpaired) electrons. The first kappa shape index (κ1) is 21.3. The molecule has 168 valence electrons. The lowest BCUT2D eigenvalue weighted by molar-refractivity contribution is -0.122. The first-order valence-electron chi connectivity index (χ1n) is 10.5. The molecule has 10 heteroatoms. The molecular formula is C23H21ClFN7O. The number of amides is 1. The Morgan fingerprint density at radius 3 is 2.91 bits per heavy atom. The molecule has 1 aliphatic heterocycles. The van der Waals surface area contributed by atoms with Crippen molar-refractivity contribution >= 4 is 34.2 Å². The Bertz CT molecular complexity index is 1340. The van der Waals surface area contributed by atoms with Crippen LogP contribution in [-0.4, -0.2) is 58.8 Å². The Labute approximate surface area is 194 Å². The molecule has 1 fully saturated rings. The number of anilines is 1. The van der Waals surface area contributed by atoms with E-state index in [1.165, 1.54) is 12.1 Å². The van der Waals surface area contributed by atoms with E-state index in [1.54, 1.807) is 25.5 Å². The number of nitrogens with zero attached hydrogens (tertiary/aromatic N) is 4. The van der Waals surface area contributed by atoms with Crippen molar-refractivity contribution in [1.82, 2.24) is 30.8 Å². The summed E-state index contributed by atoms with van der Waals surface area (Å²) in [5.74, 6) is -0.450. The van der Waals surface area contributed by atoms with E-state index in [0.717, 1.165) is 17.7 Å². The zero-order valence-electron chi connectivity index (χ0n) is 17.8. The monoisotopic (exact) mass is 465 g/mol. The summed E-state index contributed by atoms with van der Waals surface area (Å²) in [6.45, 7) is 1.97. The third kappa shape index (κ3) is 4.12. The van der Waals surface area contributed by atoms with Crippen LogP contribution in [0.2, 0.25) is 5.02 Å². The van der Waals surface area contributed by atoms with Crippen LogP contribution in [0.1, 0.15) is 0 Å². The lowest BCUT2D eigenvalue weighted by atomic mass is 10.0. The van der Waals surface area contributed by atoms with Gasteiger partial charge in [0.05, 0.1) is 40.5 Å². The van der Waals surface area contributed by atoms with Crippen molar-refractivity contribution in [1.29, 1.82) is 0 Å². The van der Waals surface area contributed by atoms with Crippen molar-refractivity contribution in [2.24, 2.45) is 0 Å². The molecular weight excluding hydrogens is 445 g/mol. The van der Waals surface area contributed by atoms with Crippen molar-refractivity contribution in [3.63, 3.8) is 0 Å². The molecule has 0 unspecified atom stereocenters. The molecule has 5 rings (SSSR count). The van der Waals surface area contributed by atoms with Gasteiger partial charge in [0.25, 0.3) is 0 Å². The molecule has 1 aromatic carbocycles. The van der Waals surface area contributed by atoms with Crippen molar-refractivity contribution in [2.75, 3.05) is 31.6 Å². The van der Waals surface area contributed by atoms with Gasteiger partial charge in [-0.1, -0.05) is 11.6 Å². The number of aromatic nitrogens is 4. The molecule has 4 aromatic rings. The summed E-state index contributed by atoms with van der Waals surface area (Å²) in [4.78, 5) is 23.5. The molecule has 3 N–H and O–H groups in total. The average Bonchev–Trinajstić information content (AvgIpc) is 3.34. The first-order chi connectivity index (χ1) is 16.0. The van der Waals surface area contributed by atoms with Crippen LogP contribution in [0.4, 0.5) is 10.1 Å². The van der Waals surface area contributed by atoms with E-state index in [-0.39, 0.29) is 11.9 Å². The van der Waals surface area contributed by atoms with Crippen molar-refractivity contribution in [3.8, 4) is 22.5 Å². The van der Waals surface area contributed by atoms with E-state index >= 15 is 0 Å². The van der Waals surface area contributed by atoms with E-state index in [2.05, 4.69) is 30.7 Å². The number of benzene rings is 1. The van der Waals surface area contributed by atoms with Gasteiger partial charge in [-0.25, -0.2) is 9.37 Å². The molecule has 1 aliphatic rings. The van der Waals surface area contributed by atoms with Crippen LogP contribution < -0.4 is 15.5 Å². The Morgan fingerprint density at radius 2 is 2.06 bits per heavy atom. The van der Waals surface area contributed by atoms with Gasteiger partial charge in [0, 0.05) is 42.8 Å². The number of carbonyl (C=O) groups excluding carboxylic acids is 1. The Balaban J connectivity index is 1.50. The fourth-order valence-corrected chi connectivity index (χ4v) is 4.20. The van der Waals surface area contributed by atoms with Gasteiger partial charge in [0.2, 0.25) is 5.91 Å². The van der Waals surface area contributed by atoms with Crippen LogP contribution in [0.5, 0.6) is 0 Å². The number of H-pyrrole nitrogens is 1. The topological polar surface area (TPSA) is 98.8 Å². The highest BCUT2D eigenvalue weighted by Gasteiger charge is 2.25. The second-order valence-corrected chi connectivity index (χ2v) is 8.21. The van der Waals surface area contributed by atoms with Gasteiger partial charge in [0.1, 0.15) is 11.9 Å². The van der Waals surface area contributed by atoms with Gasteiger partial charge in [-0.15, -0.1) is 0 Å². The SMILES string of the molecule is CNC(=O)[C@@H]1CN(c2cnc3ccc(-c4cn[nH]c4-c4cc(Cl)ccc4F)nc3c2)CCN1. The summed E-state index contributed by atoms with van der Waals surface area (Å²) < 4.78 is 14.5. The summed E-state index contributed by atoms with van der Waals surface area (Å²) in [6, 6.07) is 9.75. The number of pyridine rings is 2. The third-order valence-corrected chi connectivity index (χ3v) is 5.97. The maximum atomic E-state index is 14.5. The Hall–Kier alpha value is -3.56. The van der Waals surface area contributed by atoms with E-state index in [0.29, 0.717) is 46.1 Å². The summed E-state index contributed by atoms with van der Waals surface area (Å²) in [5.41, 5.74) is 4.43. The Morgan fingerprint density at radius 1 is 1.18 bits per heavy atom. The predicted octanol–water partition coefficient (Wildman–Crippen LogP) is 3.00. The van der Waals surface area contributed by atoms with Gasteiger partial charge < -0.3 is 15.5 Å². The largest absolute Gasteiger partial charge is 0.367 e. The normalized spacial score (nSPS) is 16.2. The highest BCUT2D eigenvalue weighted by molar-refractivity contribution is 6.30. The minimum atomic E-state index is -0.404. The number of hydrogen-bond donors (Lipinski definition) is 3. The summed E-state index contributed by atoms with van der Waals surface area (Å²) >= 11 is 6.08. The number of halogens is 2. The number of carbonyl (C=O) groups is 1. The molecule has 0 bridgehead atoms. The number of likely N-dealkylation sites (N-methyl/N-ethyl adjacent to an activating group) is 1. The van der Waals surface area contributed by atoms with Crippen molar-refractivity contribution in [2.45, 2.75) is 6.04 Å². The van der Waals surface area contributed by atoms with Crippen molar-refractivity contribution in [3.05, 3.63) is 59.6 Å². The van der Waals surface area contributed by atoms with Crippen LogP contribution in [0.3, 0.4) is 0 Å². The molecule has 33 heavy (non-hydrogen) atoms. The zero-order chi connectivity index (χ0) is 22.9. The maximum Gasteiger partial charge on any atom is 0.238 e. The van der Waals surface area contributed by atoms with Crippen LogP contribution in [0.15, 0.2) is 48.8 Å². The van der Waals surface area contributed by atoms with Gasteiger partial charge in [-0.3, -0.25) is 14.9 Å². The molecule has 0 saturated carbocycles. The molecule has 1 atom stereocenters. The smallest absolute Gasteiger partial charge is 0.238 e. The number of nitrogens with one attached hydrogen (secondary N) is 3. The number of piperazine rings is 1. The van der Waals surface area contributed by atoms with E-state index < -0.39 is 5.82 Å². The molecule has 0 aliphatic carbocycles. The van der Waals surface area contributed by atoms with Gasteiger partial charge in [-0.05, 0) is 36.4 Å². The van der Waals surface area contributed by atoms with Gasteiger partial charge in [0.15, 0.2) is 0 Å². The van der Waals surface area contributed by atoms with E-state index in [4.69, 9.17) is 16.6 Å². The second kappa shape index (κ2) is 8.76. The minimum Gasteiger partial charge on any atom is -0.367 e. The lowest BCUT2D eigenvalue weighted by Crippen LogP contribution is -2.56. The van der Waals surface area contributed by atoms with Crippen molar-refractivity contribution < 1.29 is 9.18 Å². The zero-order valence-corrected chi connectivity index (χ0v) is 18.5. The molecule has 1 saturated heterocycles. The standard InChI is InChI=1S/C23H21ClFN7O/c1-26-23(33)21-12-32(7-6-27-21)14-9-20-19(28-10-14)5-4-18(30-20)16-11-29-31-22(16)15-8-13(24)2-3-17(15)25/h2-5,8-11,21,27H,6-7,12H2,1H3,(H,26,33)(H,29,31)/t21-/m0/s1. The number of hydrogen-bond acceptors (Lipinski definition) is 6. The van der Waals surface area contributed by atoms with Gasteiger partial charge in [-0.2, -0.15) is 5.10 Å². The minimum absolute atomic E-state index is 0.0467. The Kier molecular flexibility index (Phi) is 5.65. The molecule has 1 amide bonds. The third-order valence-electron chi connectivity index (χ3n) is 5.74. The predicted molar refractivity (Wildman–Crippen MR) is 126 cm³/mol. The molecule has 4 heterocycles.